The van der Waals surface area contributed by atoms with Gasteiger partial charge >= 0.3 is 0 Å². The van der Waals surface area contributed by atoms with Gasteiger partial charge in [0.2, 0.25) is 0 Å². The van der Waals surface area contributed by atoms with Gasteiger partial charge < -0.3 is 4.90 Å². The zero-order chi connectivity index (χ0) is 10.3. The summed E-state index contributed by atoms with van der Waals surface area (Å²) in [4.78, 5) is 2.67. The number of nitrogens with zero attached hydrogens (tertiary/aromatic N) is 1. The largest absolute Gasteiger partial charge is 0.300 e. The van der Waals surface area contributed by atoms with Crippen molar-refractivity contribution in [3.05, 3.63) is 0 Å². The summed E-state index contributed by atoms with van der Waals surface area (Å²) < 4.78 is 0. The van der Waals surface area contributed by atoms with Gasteiger partial charge in [-0.3, -0.25) is 0 Å². The minimum Gasteiger partial charge on any atom is -0.300 e. The van der Waals surface area contributed by atoms with E-state index in [4.69, 9.17) is 0 Å². The summed E-state index contributed by atoms with van der Waals surface area (Å²) in [6, 6.07) is 0.759. The van der Waals surface area contributed by atoms with E-state index in [1.165, 1.54) is 32.4 Å². The Morgan fingerprint density at radius 1 is 1.29 bits per heavy atom. The highest BCUT2D eigenvalue weighted by Crippen LogP contribution is 2.60. The molecule has 1 saturated carbocycles. The summed E-state index contributed by atoms with van der Waals surface area (Å²) in [5, 5.41) is 0. The fourth-order valence-electron chi connectivity index (χ4n) is 3.20. The molecule has 1 aliphatic carbocycles. The van der Waals surface area contributed by atoms with Gasteiger partial charge in [0.25, 0.3) is 0 Å². The van der Waals surface area contributed by atoms with Crippen LogP contribution in [0.4, 0.5) is 0 Å². The third-order valence-corrected chi connectivity index (χ3v) is 4.26. The van der Waals surface area contributed by atoms with Gasteiger partial charge in [-0.15, -0.1) is 0 Å². The summed E-state index contributed by atoms with van der Waals surface area (Å²) in [6.07, 6.45) is 4.46. The van der Waals surface area contributed by atoms with Crippen molar-refractivity contribution in [2.45, 2.75) is 53.0 Å². The van der Waals surface area contributed by atoms with Crippen molar-refractivity contribution < 1.29 is 0 Å². The molecule has 2 rings (SSSR count). The van der Waals surface area contributed by atoms with Crippen molar-refractivity contribution in [2.24, 2.45) is 17.3 Å². The van der Waals surface area contributed by atoms with Gasteiger partial charge in [-0.25, -0.2) is 0 Å². The van der Waals surface area contributed by atoms with Crippen molar-refractivity contribution in [2.75, 3.05) is 13.1 Å². The molecule has 1 spiro atoms. The standard InChI is InChI=1S/C13H25N/c1-10(2)7-12-8-13(12)5-6-14(9-13)11(3)4/h10-12H,5-9H2,1-4H3. The van der Waals surface area contributed by atoms with Crippen molar-refractivity contribution >= 4 is 0 Å². The zero-order valence-corrected chi connectivity index (χ0v) is 10.2. The summed E-state index contributed by atoms with van der Waals surface area (Å²) in [6.45, 7) is 12.1. The van der Waals surface area contributed by atoms with Crippen LogP contribution in [0, 0.1) is 17.3 Å². The van der Waals surface area contributed by atoms with E-state index < -0.39 is 0 Å². The minimum atomic E-state index is 0.759. The Hall–Kier alpha value is -0.0400. The molecule has 0 aromatic heterocycles. The van der Waals surface area contributed by atoms with Gasteiger partial charge in [-0.05, 0) is 56.9 Å². The number of rotatable bonds is 3. The van der Waals surface area contributed by atoms with E-state index in [2.05, 4.69) is 32.6 Å². The van der Waals surface area contributed by atoms with E-state index in [1.54, 1.807) is 0 Å². The molecule has 0 amide bonds. The monoisotopic (exact) mass is 195 g/mol. The first-order chi connectivity index (χ1) is 6.53. The first-order valence-electron chi connectivity index (χ1n) is 6.27. The van der Waals surface area contributed by atoms with Crippen LogP contribution in [0.25, 0.3) is 0 Å². The molecule has 2 unspecified atom stereocenters. The van der Waals surface area contributed by atoms with Gasteiger partial charge in [-0.1, -0.05) is 13.8 Å². The second-order valence-corrected chi connectivity index (χ2v) is 6.21. The lowest BCUT2D eigenvalue weighted by atomic mass is 9.97. The minimum absolute atomic E-state index is 0.759. The summed E-state index contributed by atoms with van der Waals surface area (Å²) in [5.74, 6) is 1.96. The van der Waals surface area contributed by atoms with E-state index in [9.17, 15) is 0 Å². The first-order valence-corrected chi connectivity index (χ1v) is 6.27. The van der Waals surface area contributed by atoms with Crippen LogP contribution in [0.1, 0.15) is 47.0 Å². The van der Waals surface area contributed by atoms with Crippen LogP contribution in [0.2, 0.25) is 0 Å². The molecule has 1 heteroatoms. The highest BCUT2D eigenvalue weighted by molar-refractivity contribution is 5.08. The molecule has 1 aliphatic heterocycles. The van der Waals surface area contributed by atoms with Crippen molar-refractivity contribution in [1.29, 1.82) is 0 Å². The van der Waals surface area contributed by atoms with Crippen LogP contribution in [-0.4, -0.2) is 24.0 Å². The number of hydrogen-bond donors (Lipinski definition) is 0. The normalized spacial score (nSPS) is 37.7. The molecule has 1 heterocycles. The molecule has 0 bridgehead atoms. The average molecular weight is 195 g/mol. The quantitative estimate of drug-likeness (QED) is 0.668. The molecule has 1 saturated heterocycles. The summed E-state index contributed by atoms with van der Waals surface area (Å²) in [5.41, 5.74) is 0.772. The van der Waals surface area contributed by atoms with E-state index in [0.29, 0.717) is 0 Å². The third-order valence-electron chi connectivity index (χ3n) is 4.26. The van der Waals surface area contributed by atoms with E-state index in [1.807, 2.05) is 0 Å². The molecule has 0 radical (unpaired) electrons. The Morgan fingerprint density at radius 2 is 2.00 bits per heavy atom. The predicted octanol–water partition coefficient (Wildman–Crippen LogP) is 3.15. The SMILES string of the molecule is CC(C)CC1CC12CCN(C(C)C)C2. The summed E-state index contributed by atoms with van der Waals surface area (Å²) >= 11 is 0. The predicted molar refractivity (Wildman–Crippen MR) is 61.3 cm³/mol. The van der Waals surface area contributed by atoms with Crippen LogP contribution < -0.4 is 0 Å². The topological polar surface area (TPSA) is 3.24 Å². The van der Waals surface area contributed by atoms with Crippen molar-refractivity contribution in [3.8, 4) is 0 Å². The first kappa shape index (κ1) is 10.5. The molecule has 0 aromatic rings. The Kier molecular flexibility index (Phi) is 2.63. The third kappa shape index (κ3) is 1.84. The van der Waals surface area contributed by atoms with Gasteiger partial charge in [0.1, 0.15) is 0 Å². The van der Waals surface area contributed by atoms with Gasteiger partial charge in [-0.2, -0.15) is 0 Å². The van der Waals surface area contributed by atoms with Crippen LogP contribution in [0.3, 0.4) is 0 Å². The zero-order valence-electron chi connectivity index (χ0n) is 10.2. The fraction of sp³-hybridized carbons (Fsp3) is 1.00. The molecule has 1 nitrogen and oxygen atoms in total. The molecule has 14 heavy (non-hydrogen) atoms. The lowest BCUT2D eigenvalue weighted by Gasteiger charge is -2.20. The highest BCUT2D eigenvalue weighted by atomic mass is 15.2. The molecule has 2 aliphatic rings. The smallest absolute Gasteiger partial charge is 0.00439 e. The Labute approximate surface area is 88.9 Å². The number of likely N-dealkylation sites (tertiary alicyclic amines) is 1. The molecule has 2 atom stereocenters. The second-order valence-electron chi connectivity index (χ2n) is 6.21. The van der Waals surface area contributed by atoms with Crippen LogP contribution in [0.5, 0.6) is 0 Å². The lowest BCUT2D eigenvalue weighted by Crippen LogP contribution is -2.28. The maximum Gasteiger partial charge on any atom is 0.00439 e. The molecule has 2 fully saturated rings. The van der Waals surface area contributed by atoms with Crippen LogP contribution >= 0.6 is 0 Å². The maximum atomic E-state index is 2.67. The Bertz CT molecular complexity index is 209. The fourth-order valence-corrected chi connectivity index (χ4v) is 3.20. The molecule has 82 valence electrons. The van der Waals surface area contributed by atoms with E-state index in [-0.39, 0.29) is 0 Å². The van der Waals surface area contributed by atoms with Gasteiger partial charge in [0.05, 0.1) is 0 Å². The van der Waals surface area contributed by atoms with E-state index in [0.717, 1.165) is 23.3 Å². The van der Waals surface area contributed by atoms with Crippen molar-refractivity contribution in [1.82, 2.24) is 4.90 Å². The van der Waals surface area contributed by atoms with E-state index >= 15 is 0 Å². The molecular weight excluding hydrogens is 170 g/mol. The van der Waals surface area contributed by atoms with Crippen LogP contribution in [0.15, 0.2) is 0 Å². The number of hydrogen-bond acceptors (Lipinski definition) is 1. The average Bonchev–Trinajstić information content (AvgIpc) is 2.57. The maximum absolute atomic E-state index is 2.67. The highest BCUT2D eigenvalue weighted by Gasteiger charge is 2.56. The second kappa shape index (κ2) is 3.52. The van der Waals surface area contributed by atoms with Crippen molar-refractivity contribution in [3.63, 3.8) is 0 Å². The molecule has 0 aromatic carbocycles. The summed E-state index contributed by atoms with van der Waals surface area (Å²) in [7, 11) is 0. The Balaban J connectivity index is 1.85. The van der Waals surface area contributed by atoms with Crippen LogP contribution in [-0.2, 0) is 0 Å². The lowest BCUT2D eigenvalue weighted by molar-refractivity contribution is 0.255. The molecule has 0 N–H and O–H groups in total. The van der Waals surface area contributed by atoms with Gasteiger partial charge in [0.15, 0.2) is 0 Å². The Morgan fingerprint density at radius 3 is 2.50 bits per heavy atom. The molecular formula is C13H25N. The van der Waals surface area contributed by atoms with Gasteiger partial charge in [0, 0.05) is 12.6 Å².